The molecule has 0 aliphatic rings. The molecule has 0 radical (unpaired) electrons. The first-order chi connectivity index (χ1) is 13.5. The van der Waals surface area contributed by atoms with Crippen molar-refractivity contribution in [3.63, 3.8) is 0 Å². The third-order valence-electron chi connectivity index (χ3n) is 4.20. The first-order valence-electron chi connectivity index (χ1n) is 8.14. The van der Waals surface area contributed by atoms with E-state index in [1.54, 1.807) is 40.0 Å². The topological polar surface area (TPSA) is 88.5 Å². The van der Waals surface area contributed by atoms with Gasteiger partial charge in [-0.05, 0) is 46.3 Å². The number of anilines is 1. The van der Waals surface area contributed by atoms with E-state index in [1.165, 1.54) is 0 Å². The largest absolute Gasteiger partial charge is 0.322 e. The lowest BCUT2D eigenvalue weighted by molar-refractivity contribution is 0.102. The van der Waals surface area contributed by atoms with E-state index < -0.39 is 5.91 Å². The monoisotopic (exact) mass is 454 g/mol. The van der Waals surface area contributed by atoms with Crippen LogP contribution in [0.5, 0.6) is 0 Å². The van der Waals surface area contributed by atoms with Gasteiger partial charge in [-0.15, -0.1) is 0 Å². The zero-order valence-electron chi connectivity index (χ0n) is 14.5. The minimum atomic E-state index is -0.416. The molecule has 0 spiro atoms. The molecule has 138 valence electrons. The molecule has 0 bridgehead atoms. The molecule has 2 aromatic carbocycles. The number of carbonyl (C=O) groups excluding carboxylic acids is 1. The smallest absolute Gasteiger partial charge is 0.258 e. The van der Waals surface area contributed by atoms with Gasteiger partial charge < -0.3 is 5.32 Å². The maximum atomic E-state index is 12.8. The van der Waals surface area contributed by atoms with Gasteiger partial charge in [-0.1, -0.05) is 11.6 Å². The Labute approximate surface area is 173 Å². The molecule has 0 unspecified atom stereocenters. The molecule has 0 atom stereocenters. The number of aromatic nitrogens is 4. The predicted octanol–water partition coefficient (Wildman–Crippen LogP) is 4.30. The van der Waals surface area contributed by atoms with Crippen LogP contribution >= 0.6 is 27.5 Å². The zero-order valence-corrected chi connectivity index (χ0v) is 16.9. The molecule has 7 nitrogen and oxygen atoms in total. The van der Waals surface area contributed by atoms with Crippen LogP contribution in [0, 0.1) is 11.3 Å². The van der Waals surface area contributed by atoms with Crippen molar-refractivity contribution >= 4 is 50.0 Å². The number of benzene rings is 2. The lowest BCUT2D eigenvalue weighted by Crippen LogP contribution is -2.14. The summed E-state index contributed by atoms with van der Waals surface area (Å²) in [5, 5.41) is 21.6. The van der Waals surface area contributed by atoms with Crippen LogP contribution in [0.3, 0.4) is 0 Å². The van der Waals surface area contributed by atoms with Crippen molar-refractivity contribution in [1.82, 2.24) is 19.6 Å². The van der Waals surface area contributed by atoms with E-state index >= 15 is 0 Å². The zero-order chi connectivity index (χ0) is 19.8. The second-order valence-corrected chi connectivity index (χ2v) is 7.28. The van der Waals surface area contributed by atoms with Crippen LogP contribution in [0.1, 0.15) is 15.9 Å². The Balaban J connectivity index is 1.71. The van der Waals surface area contributed by atoms with Gasteiger partial charge in [0, 0.05) is 22.6 Å². The van der Waals surface area contributed by atoms with Gasteiger partial charge in [-0.25, -0.2) is 4.68 Å². The fraction of sp³-hybridized carbons (Fsp3) is 0.0526. The average molecular weight is 456 g/mol. The Morgan fingerprint density at radius 2 is 2.07 bits per heavy atom. The van der Waals surface area contributed by atoms with Crippen LogP contribution in [-0.4, -0.2) is 25.5 Å². The number of aryl methyl sites for hydroxylation is 1. The fourth-order valence-corrected chi connectivity index (χ4v) is 3.78. The first kappa shape index (κ1) is 18.2. The molecular weight excluding hydrogens is 444 g/mol. The fourth-order valence-electron chi connectivity index (χ4n) is 2.86. The molecule has 28 heavy (non-hydrogen) atoms. The summed E-state index contributed by atoms with van der Waals surface area (Å²) in [5.41, 5.74) is 2.66. The molecule has 4 rings (SSSR count). The highest BCUT2D eigenvalue weighted by Crippen LogP contribution is 2.29. The summed E-state index contributed by atoms with van der Waals surface area (Å²) >= 11 is 9.55. The number of carbonyl (C=O) groups is 1. The molecule has 2 aromatic heterocycles. The third-order valence-corrected chi connectivity index (χ3v) is 5.26. The van der Waals surface area contributed by atoms with Crippen LogP contribution in [0.4, 0.5) is 5.69 Å². The molecule has 2 heterocycles. The molecule has 0 aliphatic heterocycles. The summed E-state index contributed by atoms with van der Waals surface area (Å²) in [6.45, 7) is 0. The molecule has 9 heteroatoms. The third kappa shape index (κ3) is 3.15. The maximum absolute atomic E-state index is 12.8. The second-order valence-electron chi connectivity index (χ2n) is 6.05. The van der Waals surface area contributed by atoms with Crippen molar-refractivity contribution < 1.29 is 4.79 Å². The van der Waals surface area contributed by atoms with E-state index in [9.17, 15) is 4.79 Å². The molecule has 0 saturated carbocycles. The number of hydrogen-bond acceptors (Lipinski definition) is 4. The van der Waals surface area contributed by atoms with Crippen molar-refractivity contribution in [3.05, 3.63) is 69.5 Å². The van der Waals surface area contributed by atoms with Gasteiger partial charge in [-0.3, -0.25) is 9.48 Å². The number of rotatable bonds is 3. The van der Waals surface area contributed by atoms with Gasteiger partial charge in [0.1, 0.15) is 11.8 Å². The number of hydrogen-bond donors (Lipinski definition) is 1. The van der Waals surface area contributed by atoms with E-state index in [4.69, 9.17) is 16.9 Å². The summed E-state index contributed by atoms with van der Waals surface area (Å²) in [7, 11) is 1.83. The Morgan fingerprint density at radius 3 is 2.79 bits per heavy atom. The van der Waals surface area contributed by atoms with Crippen LogP contribution in [-0.2, 0) is 7.05 Å². The van der Waals surface area contributed by atoms with Crippen LogP contribution in [0.25, 0.3) is 16.6 Å². The Kier molecular flexibility index (Phi) is 4.63. The Hall–Kier alpha value is -3.15. The van der Waals surface area contributed by atoms with Gasteiger partial charge in [0.15, 0.2) is 0 Å². The lowest BCUT2D eigenvalue weighted by atomic mass is 10.1. The van der Waals surface area contributed by atoms with Gasteiger partial charge in [0.05, 0.1) is 40.3 Å². The highest BCUT2D eigenvalue weighted by molar-refractivity contribution is 9.10. The molecule has 0 fully saturated rings. The number of nitrogens with zero attached hydrogens (tertiary/aromatic N) is 5. The normalized spacial score (nSPS) is 10.8. The lowest BCUT2D eigenvalue weighted by Gasteiger charge is -2.10. The van der Waals surface area contributed by atoms with Gasteiger partial charge in [0.2, 0.25) is 0 Å². The van der Waals surface area contributed by atoms with Crippen molar-refractivity contribution in [1.29, 1.82) is 5.26 Å². The first-order valence-corrected chi connectivity index (χ1v) is 9.31. The number of amides is 1. The standard InChI is InChI=1S/C19H12BrClN6O/c1-26-10-14(9-23-26)27-16-6-13(4-2-12(16)8-24-27)25-19(28)17-15(20)5-3-11(7-22)18(17)21/h2-6,8-10H,1H3,(H,25,28). The summed E-state index contributed by atoms with van der Waals surface area (Å²) in [6.07, 6.45) is 5.31. The second kappa shape index (κ2) is 7.11. The molecule has 0 saturated heterocycles. The quantitative estimate of drug-likeness (QED) is 0.499. The number of halogens is 2. The van der Waals surface area contributed by atoms with Crippen molar-refractivity contribution in [2.24, 2.45) is 7.05 Å². The van der Waals surface area contributed by atoms with E-state index in [0.29, 0.717) is 10.2 Å². The Bertz CT molecular complexity index is 1270. The molecule has 0 aliphatic carbocycles. The summed E-state index contributed by atoms with van der Waals surface area (Å²) in [5.74, 6) is -0.416. The van der Waals surface area contributed by atoms with Gasteiger partial charge in [0.25, 0.3) is 5.91 Å². The SMILES string of the molecule is Cn1cc(-n2ncc3ccc(NC(=O)c4c(Br)ccc(C#N)c4Cl)cc32)cn1. The summed E-state index contributed by atoms with van der Waals surface area (Å²) in [4.78, 5) is 12.8. The van der Waals surface area contributed by atoms with Crippen molar-refractivity contribution in [2.75, 3.05) is 5.32 Å². The van der Waals surface area contributed by atoms with Crippen LogP contribution in [0.15, 0.2) is 53.4 Å². The number of nitriles is 1. The van der Waals surface area contributed by atoms with E-state index in [1.807, 2.05) is 31.4 Å². The predicted molar refractivity (Wildman–Crippen MR) is 110 cm³/mol. The van der Waals surface area contributed by atoms with Crippen molar-refractivity contribution in [2.45, 2.75) is 0 Å². The highest BCUT2D eigenvalue weighted by atomic mass is 79.9. The van der Waals surface area contributed by atoms with Gasteiger partial charge in [-0.2, -0.15) is 15.5 Å². The number of nitrogens with one attached hydrogen (secondary N) is 1. The summed E-state index contributed by atoms with van der Waals surface area (Å²) in [6, 6.07) is 10.6. The van der Waals surface area contributed by atoms with E-state index in [2.05, 4.69) is 31.4 Å². The van der Waals surface area contributed by atoms with Crippen molar-refractivity contribution in [3.8, 4) is 11.8 Å². The molecular formula is C19H12BrClN6O. The molecule has 1 N–H and O–H groups in total. The van der Waals surface area contributed by atoms with E-state index in [-0.39, 0.29) is 16.1 Å². The highest BCUT2D eigenvalue weighted by Gasteiger charge is 2.18. The van der Waals surface area contributed by atoms with Gasteiger partial charge >= 0.3 is 0 Å². The number of fused-ring (bicyclic) bond motifs is 1. The average Bonchev–Trinajstić information content (AvgIpc) is 3.27. The molecule has 4 aromatic rings. The Morgan fingerprint density at radius 1 is 1.25 bits per heavy atom. The molecule has 1 amide bonds. The van der Waals surface area contributed by atoms with Crippen LogP contribution in [0.2, 0.25) is 5.02 Å². The van der Waals surface area contributed by atoms with Crippen LogP contribution < -0.4 is 5.32 Å². The minimum absolute atomic E-state index is 0.107. The minimum Gasteiger partial charge on any atom is -0.322 e. The maximum Gasteiger partial charge on any atom is 0.258 e. The summed E-state index contributed by atoms with van der Waals surface area (Å²) < 4.78 is 3.95. The van der Waals surface area contributed by atoms with E-state index in [0.717, 1.165) is 16.6 Å².